The normalized spacial score (nSPS) is 42.0. The van der Waals surface area contributed by atoms with Gasteiger partial charge in [-0.2, -0.15) is 0 Å². The van der Waals surface area contributed by atoms with Gasteiger partial charge in [-0.15, -0.1) is 0 Å². The van der Waals surface area contributed by atoms with E-state index in [0.717, 1.165) is 0 Å². The molecule has 3 rings (SSSR count). The van der Waals surface area contributed by atoms with E-state index in [1.165, 1.54) is 25.1 Å². The molecule has 0 spiro atoms. The highest BCUT2D eigenvalue weighted by Crippen LogP contribution is 2.58. The fourth-order valence-corrected chi connectivity index (χ4v) is 4.12. The average Bonchev–Trinajstić information content (AvgIpc) is 2.78. The number of fused-ring (bicyclic) bond motifs is 2. The monoisotopic (exact) mass is 218 g/mol. The van der Waals surface area contributed by atoms with Crippen LogP contribution in [0.1, 0.15) is 40.0 Å². The molecule has 1 saturated heterocycles. The molecule has 1 aromatic heterocycles. The van der Waals surface area contributed by atoms with Crippen LogP contribution < -0.4 is 4.90 Å². The van der Waals surface area contributed by atoms with Crippen molar-refractivity contribution in [2.45, 2.75) is 51.6 Å². The summed E-state index contributed by atoms with van der Waals surface area (Å²) in [4.78, 5) is 2.66. The lowest BCUT2D eigenvalue weighted by molar-refractivity contribution is 0.289. The maximum atomic E-state index is 2.66. The van der Waals surface area contributed by atoms with Crippen LogP contribution in [-0.4, -0.2) is 16.1 Å². The van der Waals surface area contributed by atoms with Gasteiger partial charge in [0.2, 0.25) is 0 Å². The number of nitrogens with zero attached hydrogens (tertiary/aromatic N) is 2. The lowest BCUT2D eigenvalue weighted by atomic mass is 9.83. The number of aromatic nitrogens is 1. The summed E-state index contributed by atoms with van der Waals surface area (Å²) in [7, 11) is 2.15. The standard InChI is InChI=1S/C14H22N2/c1-11-13(2)7-8-14(3,10-13)16(11)12-6-5-9-15(12)4/h5-6,9,11H,7-8,10H2,1-4H3/t11-,13?,14?/m0/s1. The van der Waals surface area contributed by atoms with E-state index in [1.807, 2.05) is 0 Å². The number of rotatable bonds is 1. The number of aryl methyl sites for hydroxylation is 1. The van der Waals surface area contributed by atoms with E-state index in [0.29, 0.717) is 17.0 Å². The molecule has 0 N–H and O–H groups in total. The molecule has 1 saturated carbocycles. The van der Waals surface area contributed by atoms with Crippen LogP contribution in [0.5, 0.6) is 0 Å². The van der Waals surface area contributed by atoms with Gasteiger partial charge in [0.15, 0.2) is 0 Å². The molecule has 0 aromatic carbocycles. The molecule has 0 radical (unpaired) electrons. The average molecular weight is 218 g/mol. The third kappa shape index (κ3) is 1.08. The zero-order chi connectivity index (χ0) is 11.6. The Labute approximate surface area is 98.2 Å². The van der Waals surface area contributed by atoms with Gasteiger partial charge in [-0.3, -0.25) is 0 Å². The molecule has 2 nitrogen and oxygen atoms in total. The van der Waals surface area contributed by atoms with Crippen molar-refractivity contribution < 1.29 is 0 Å². The summed E-state index contributed by atoms with van der Waals surface area (Å²) < 4.78 is 2.26. The van der Waals surface area contributed by atoms with Gasteiger partial charge < -0.3 is 9.47 Å². The minimum absolute atomic E-state index is 0.389. The van der Waals surface area contributed by atoms with E-state index < -0.39 is 0 Å². The van der Waals surface area contributed by atoms with Gasteiger partial charge in [0.05, 0.1) is 0 Å². The molecule has 2 fully saturated rings. The topological polar surface area (TPSA) is 8.17 Å². The fraction of sp³-hybridized carbons (Fsp3) is 0.714. The minimum atomic E-state index is 0.389. The Kier molecular flexibility index (Phi) is 1.82. The Morgan fingerprint density at radius 3 is 2.56 bits per heavy atom. The Balaban J connectivity index is 2.07. The molecule has 2 aliphatic rings. The van der Waals surface area contributed by atoms with Gasteiger partial charge in [-0.05, 0) is 50.7 Å². The summed E-state index contributed by atoms with van der Waals surface area (Å²) in [6.07, 6.45) is 6.25. The van der Waals surface area contributed by atoms with Crippen molar-refractivity contribution in [2.75, 3.05) is 4.90 Å². The molecule has 1 aliphatic heterocycles. The lowest BCUT2D eigenvalue weighted by Gasteiger charge is -2.44. The molecule has 0 amide bonds. The Morgan fingerprint density at radius 1 is 1.31 bits per heavy atom. The lowest BCUT2D eigenvalue weighted by Crippen LogP contribution is -2.49. The van der Waals surface area contributed by atoms with Crippen LogP contribution in [0.4, 0.5) is 5.82 Å². The van der Waals surface area contributed by atoms with Crippen molar-refractivity contribution in [3.05, 3.63) is 18.3 Å². The summed E-state index contributed by atoms with van der Waals surface area (Å²) in [5.74, 6) is 1.39. The molecular formula is C14H22N2. The maximum absolute atomic E-state index is 2.66. The molecule has 2 bridgehead atoms. The molecule has 16 heavy (non-hydrogen) atoms. The largest absolute Gasteiger partial charge is 0.349 e. The second-order valence-corrected chi connectivity index (χ2v) is 6.35. The zero-order valence-electron chi connectivity index (χ0n) is 10.8. The van der Waals surface area contributed by atoms with Crippen molar-refractivity contribution >= 4 is 5.82 Å². The van der Waals surface area contributed by atoms with Crippen LogP contribution in [0, 0.1) is 5.41 Å². The van der Waals surface area contributed by atoms with E-state index >= 15 is 0 Å². The van der Waals surface area contributed by atoms with E-state index in [4.69, 9.17) is 0 Å². The first kappa shape index (κ1) is 10.2. The first-order chi connectivity index (χ1) is 7.46. The highest BCUT2D eigenvalue weighted by molar-refractivity contribution is 5.49. The number of piperidine rings is 1. The summed E-state index contributed by atoms with van der Waals surface area (Å²) >= 11 is 0. The van der Waals surface area contributed by atoms with Gasteiger partial charge in [0.25, 0.3) is 0 Å². The predicted molar refractivity (Wildman–Crippen MR) is 67.7 cm³/mol. The maximum Gasteiger partial charge on any atom is 0.108 e. The number of anilines is 1. The van der Waals surface area contributed by atoms with Crippen LogP contribution in [-0.2, 0) is 7.05 Å². The highest BCUT2D eigenvalue weighted by Gasteiger charge is 2.58. The second-order valence-electron chi connectivity index (χ2n) is 6.35. The Bertz CT molecular complexity index is 422. The number of hydrogen-bond donors (Lipinski definition) is 0. The summed E-state index contributed by atoms with van der Waals surface area (Å²) in [5, 5.41) is 0. The summed E-state index contributed by atoms with van der Waals surface area (Å²) in [5.41, 5.74) is 0.916. The third-order valence-corrected chi connectivity index (χ3v) is 5.16. The molecular weight excluding hydrogens is 196 g/mol. The first-order valence-corrected chi connectivity index (χ1v) is 6.37. The molecule has 1 aromatic rings. The molecule has 2 heterocycles. The van der Waals surface area contributed by atoms with Crippen LogP contribution in [0.3, 0.4) is 0 Å². The Hall–Kier alpha value is -0.920. The van der Waals surface area contributed by atoms with Crippen molar-refractivity contribution in [1.82, 2.24) is 4.57 Å². The van der Waals surface area contributed by atoms with Crippen molar-refractivity contribution in [2.24, 2.45) is 12.5 Å². The molecule has 1 aliphatic carbocycles. The van der Waals surface area contributed by atoms with Gasteiger partial charge in [0.1, 0.15) is 5.82 Å². The van der Waals surface area contributed by atoms with Crippen LogP contribution in [0.25, 0.3) is 0 Å². The predicted octanol–water partition coefficient (Wildman–Crippen LogP) is 3.18. The SMILES string of the molecule is C[C@@H]1N(c2cccn2C)C2(C)CCC1(C)C2. The third-order valence-electron chi connectivity index (χ3n) is 5.16. The van der Waals surface area contributed by atoms with E-state index in [2.05, 4.69) is 55.6 Å². The van der Waals surface area contributed by atoms with Crippen LogP contribution in [0.2, 0.25) is 0 Å². The van der Waals surface area contributed by atoms with Gasteiger partial charge in [-0.1, -0.05) is 6.92 Å². The van der Waals surface area contributed by atoms with E-state index in [1.54, 1.807) is 0 Å². The summed E-state index contributed by atoms with van der Waals surface area (Å²) in [6.45, 7) is 7.30. The number of hydrogen-bond acceptors (Lipinski definition) is 1. The minimum Gasteiger partial charge on any atom is -0.349 e. The van der Waals surface area contributed by atoms with Crippen molar-refractivity contribution in [3.63, 3.8) is 0 Å². The Morgan fingerprint density at radius 2 is 2.06 bits per heavy atom. The van der Waals surface area contributed by atoms with Crippen molar-refractivity contribution in [3.8, 4) is 0 Å². The van der Waals surface area contributed by atoms with E-state index in [9.17, 15) is 0 Å². The molecule has 2 unspecified atom stereocenters. The molecule has 2 heteroatoms. The van der Waals surface area contributed by atoms with Crippen LogP contribution in [0.15, 0.2) is 18.3 Å². The summed E-state index contributed by atoms with van der Waals surface area (Å²) in [6, 6.07) is 5.07. The van der Waals surface area contributed by atoms with Gasteiger partial charge in [-0.25, -0.2) is 0 Å². The molecule has 88 valence electrons. The van der Waals surface area contributed by atoms with Crippen molar-refractivity contribution in [1.29, 1.82) is 0 Å². The first-order valence-electron chi connectivity index (χ1n) is 6.37. The fourth-order valence-electron chi connectivity index (χ4n) is 4.12. The zero-order valence-corrected chi connectivity index (χ0v) is 10.8. The smallest absolute Gasteiger partial charge is 0.108 e. The van der Waals surface area contributed by atoms with E-state index in [-0.39, 0.29) is 0 Å². The van der Waals surface area contributed by atoms with Crippen LogP contribution >= 0.6 is 0 Å². The quantitative estimate of drug-likeness (QED) is 0.703. The second kappa shape index (κ2) is 2.85. The highest BCUT2D eigenvalue weighted by atomic mass is 15.3. The molecule has 3 atom stereocenters. The van der Waals surface area contributed by atoms with Gasteiger partial charge in [0, 0.05) is 24.8 Å². The van der Waals surface area contributed by atoms with Gasteiger partial charge >= 0.3 is 0 Å².